The second-order valence-electron chi connectivity index (χ2n) is 4.97. The van der Waals surface area contributed by atoms with Gasteiger partial charge in [-0.1, -0.05) is 6.07 Å². The molecule has 0 fully saturated rings. The number of hydrogen-bond donors (Lipinski definition) is 3. The van der Waals surface area contributed by atoms with Crippen LogP contribution >= 0.6 is 0 Å². The summed E-state index contributed by atoms with van der Waals surface area (Å²) in [6.45, 7) is 2.59. The van der Waals surface area contributed by atoms with E-state index >= 15 is 0 Å². The third-order valence-electron chi connectivity index (χ3n) is 2.94. The minimum atomic E-state index is -0.740. The lowest BCUT2D eigenvalue weighted by atomic mass is 10.1. The fourth-order valence-electron chi connectivity index (χ4n) is 1.78. The van der Waals surface area contributed by atoms with Gasteiger partial charge >= 0.3 is 0 Å². The number of benzene rings is 1. The van der Waals surface area contributed by atoms with E-state index in [4.69, 9.17) is 14.6 Å². The molecular formula is C17H29FN2O5. The van der Waals surface area contributed by atoms with E-state index in [0.717, 1.165) is 13.4 Å². The van der Waals surface area contributed by atoms with Gasteiger partial charge in [0, 0.05) is 26.3 Å². The lowest BCUT2D eigenvalue weighted by molar-refractivity contribution is -0.115. The number of aliphatic hydroxyl groups is 1. The summed E-state index contributed by atoms with van der Waals surface area (Å²) in [5, 5.41) is 12.6. The molecule has 0 aliphatic rings. The van der Waals surface area contributed by atoms with Crippen LogP contribution in [0.2, 0.25) is 0 Å². The first kappa shape index (κ1) is 25.4. The van der Waals surface area contributed by atoms with E-state index in [1.165, 1.54) is 20.3 Å². The van der Waals surface area contributed by atoms with Gasteiger partial charge in [-0.2, -0.15) is 0 Å². The van der Waals surface area contributed by atoms with E-state index in [1.54, 1.807) is 26.1 Å². The summed E-state index contributed by atoms with van der Waals surface area (Å²) in [5.74, 6) is 0.355. The molecule has 1 unspecified atom stereocenters. The smallest absolute Gasteiger partial charge is 0.142 e. The molecule has 0 bridgehead atoms. The maximum atomic E-state index is 13.1. The number of rotatable bonds is 9. The summed E-state index contributed by atoms with van der Waals surface area (Å²) < 4.78 is 22.9. The monoisotopic (exact) mass is 360 g/mol. The van der Waals surface area contributed by atoms with Crippen LogP contribution in [0.4, 0.5) is 4.39 Å². The van der Waals surface area contributed by atoms with Gasteiger partial charge in [0.25, 0.3) is 0 Å². The van der Waals surface area contributed by atoms with E-state index in [9.17, 15) is 14.0 Å². The number of ether oxygens (including phenoxy) is 2. The standard InChI is InChI=1S/C9H12FNO.C7H13NO3.CH4O/c1-11-6-7-8(10)4-3-5-9(7)12-2;1-7(5-10,6-11-2)8-3-4-9;1-2/h3-5,11H,6H2,1-2H3;4-5,8H,3,6H2,1-2H3;2H,1H3. The van der Waals surface area contributed by atoms with E-state index < -0.39 is 5.54 Å². The van der Waals surface area contributed by atoms with Gasteiger partial charge in [0.2, 0.25) is 0 Å². The van der Waals surface area contributed by atoms with Crippen molar-refractivity contribution in [1.82, 2.24) is 10.6 Å². The summed E-state index contributed by atoms with van der Waals surface area (Å²) in [4.78, 5) is 20.4. The van der Waals surface area contributed by atoms with Crippen LogP contribution in [0, 0.1) is 5.82 Å². The molecule has 0 aromatic heterocycles. The van der Waals surface area contributed by atoms with Crippen molar-refractivity contribution in [2.45, 2.75) is 19.0 Å². The Bertz CT molecular complexity index is 488. The summed E-state index contributed by atoms with van der Waals surface area (Å²) in [6, 6.07) is 4.80. The van der Waals surface area contributed by atoms with Crippen molar-refractivity contribution in [2.75, 3.05) is 41.5 Å². The van der Waals surface area contributed by atoms with Gasteiger partial charge in [0.05, 0.1) is 25.8 Å². The summed E-state index contributed by atoms with van der Waals surface area (Å²) in [6.07, 6.45) is 1.44. The Labute approximate surface area is 148 Å². The molecule has 0 saturated carbocycles. The predicted octanol–water partition coefficient (Wildman–Crippen LogP) is 0.541. The second kappa shape index (κ2) is 15.6. The molecule has 0 aliphatic heterocycles. The van der Waals surface area contributed by atoms with Gasteiger partial charge in [-0.3, -0.25) is 5.32 Å². The van der Waals surface area contributed by atoms with Gasteiger partial charge in [-0.25, -0.2) is 4.39 Å². The number of nitrogens with one attached hydrogen (secondary N) is 2. The summed E-state index contributed by atoms with van der Waals surface area (Å²) in [5.41, 5.74) is -0.169. The molecule has 0 radical (unpaired) electrons. The number of aldehydes is 2. The van der Waals surface area contributed by atoms with Crippen LogP contribution in [0.15, 0.2) is 18.2 Å². The maximum absolute atomic E-state index is 13.1. The summed E-state index contributed by atoms with van der Waals surface area (Å²) in [7, 11) is 5.81. The number of halogens is 1. The Kier molecular flexibility index (Phi) is 15.9. The largest absolute Gasteiger partial charge is 0.496 e. The van der Waals surface area contributed by atoms with Crippen LogP contribution in [0.25, 0.3) is 0 Å². The number of hydrogen-bond acceptors (Lipinski definition) is 7. The zero-order valence-corrected chi connectivity index (χ0v) is 15.5. The van der Waals surface area contributed by atoms with Crippen LogP contribution in [0.5, 0.6) is 5.75 Å². The number of carbonyl (C=O) groups is 2. The third-order valence-corrected chi connectivity index (χ3v) is 2.94. The van der Waals surface area contributed by atoms with E-state index in [2.05, 4.69) is 10.6 Å². The Morgan fingerprint density at radius 1 is 1.28 bits per heavy atom. The third kappa shape index (κ3) is 10.6. The van der Waals surface area contributed by atoms with Crippen molar-refractivity contribution >= 4 is 12.6 Å². The molecule has 25 heavy (non-hydrogen) atoms. The van der Waals surface area contributed by atoms with Crippen LogP contribution in [0.1, 0.15) is 12.5 Å². The maximum Gasteiger partial charge on any atom is 0.142 e. The first-order valence-corrected chi connectivity index (χ1v) is 7.52. The zero-order valence-electron chi connectivity index (χ0n) is 15.5. The van der Waals surface area contributed by atoms with Gasteiger partial charge in [-0.05, 0) is 26.1 Å². The topological polar surface area (TPSA) is 96.9 Å². The second-order valence-corrected chi connectivity index (χ2v) is 4.97. The van der Waals surface area contributed by atoms with Crippen molar-refractivity contribution in [3.05, 3.63) is 29.6 Å². The zero-order chi connectivity index (χ0) is 19.7. The number of methoxy groups -OCH3 is 2. The van der Waals surface area contributed by atoms with Crippen LogP contribution in [-0.2, 0) is 20.9 Å². The van der Waals surface area contributed by atoms with Gasteiger partial charge in [0.15, 0.2) is 0 Å². The number of carbonyl (C=O) groups excluding carboxylic acids is 2. The highest BCUT2D eigenvalue weighted by atomic mass is 19.1. The van der Waals surface area contributed by atoms with Gasteiger partial charge in [-0.15, -0.1) is 0 Å². The molecule has 0 aliphatic carbocycles. The molecule has 7 nitrogen and oxygen atoms in total. The Morgan fingerprint density at radius 3 is 2.36 bits per heavy atom. The van der Waals surface area contributed by atoms with Crippen molar-refractivity contribution in [1.29, 1.82) is 0 Å². The SMILES string of the molecule is CNCc1c(F)cccc1OC.CO.COCC(C)(C=O)NCC=O. The van der Waals surface area contributed by atoms with Gasteiger partial charge in [0.1, 0.15) is 24.1 Å². The highest BCUT2D eigenvalue weighted by Gasteiger charge is 2.21. The molecule has 3 N–H and O–H groups in total. The molecule has 144 valence electrons. The van der Waals surface area contributed by atoms with Gasteiger partial charge < -0.3 is 29.5 Å². The van der Waals surface area contributed by atoms with Crippen molar-refractivity contribution in [3.8, 4) is 5.75 Å². The molecule has 1 aromatic carbocycles. The highest BCUT2D eigenvalue weighted by molar-refractivity contribution is 5.65. The lowest BCUT2D eigenvalue weighted by Crippen LogP contribution is -2.48. The van der Waals surface area contributed by atoms with E-state index in [0.29, 0.717) is 24.1 Å². The first-order chi connectivity index (χ1) is 12.0. The molecule has 1 rings (SSSR count). The minimum absolute atomic E-state index is 0.165. The molecule has 0 saturated heterocycles. The number of aliphatic hydroxyl groups excluding tert-OH is 1. The molecular weight excluding hydrogens is 331 g/mol. The molecule has 0 amide bonds. The first-order valence-electron chi connectivity index (χ1n) is 7.52. The quantitative estimate of drug-likeness (QED) is 0.553. The highest BCUT2D eigenvalue weighted by Crippen LogP contribution is 2.20. The fraction of sp³-hybridized carbons (Fsp3) is 0.529. The van der Waals surface area contributed by atoms with Crippen LogP contribution in [0.3, 0.4) is 0 Å². The van der Waals surface area contributed by atoms with Crippen molar-refractivity contribution < 1.29 is 28.6 Å². The van der Waals surface area contributed by atoms with Crippen LogP contribution in [-0.4, -0.2) is 64.7 Å². The van der Waals surface area contributed by atoms with Crippen molar-refractivity contribution in [3.63, 3.8) is 0 Å². The van der Waals surface area contributed by atoms with Crippen molar-refractivity contribution in [2.24, 2.45) is 0 Å². The molecule has 0 spiro atoms. The Hall–Kier alpha value is -1.87. The molecule has 1 aromatic rings. The van der Waals surface area contributed by atoms with Crippen LogP contribution < -0.4 is 15.4 Å². The lowest BCUT2D eigenvalue weighted by Gasteiger charge is -2.21. The molecule has 8 heteroatoms. The average Bonchev–Trinajstić information content (AvgIpc) is 2.64. The van der Waals surface area contributed by atoms with E-state index in [1.807, 2.05) is 0 Å². The Balaban J connectivity index is 0. The molecule has 1 atom stereocenters. The molecule has 0 heterocycles. The fourth-order valence-corrected chi connectivity index (χ4v) is 1.78. The van der Waals surface area contributed by atoms with E-state index in [-0.39, 0.29) is 19.0 Å². The minimum Gasteiger partial charge on any atom is -0.496 e. The summed E-state index contributed by atoms with van der Waals surface area (Å²) >= 11 is 0. The Morgan fingerprint density at radius 2 is 1.92 bits per heavy atom. The average molecular weight is 360 g/mol. The predicted molar refractivity (Wildman–Crippen MR) is 94.3 cm³/mol. The normalized spacial score (nSPS) is 11.8.